The molecular weight excluding hydrogens is 734 g/mol. The molecule has 53 heavy (non-hydrogen) atoms. The first kappa shape index (κ1) is 44.9. The van der Waals surface area contributed by atoms with E-state index < -0.39 is 81.3 Å². The molecule has 1 aromatic rings. The summed E-state index contributed by atoms with van der Waals surface area (Å²) >= 11 is 5.44. The molecular formula is C34H52BN2O14PS. The van der Waals surface area contributed by atoms with Gasteiger partial charge in [0.15, 0.2) is 6.29 Å². The number of aliphatic hydroxyl groups excluding tert-OH is 3. The maximum atomic E-state index is 12.3. The second kappa shape index (κ2) is 23.4. The molecule has 0 bridgehead atoms. The van der Waals surface area contributed by atoms with Crippen LogP contribution in [-0.4, -0.2) is 127 Å². The first-order chi connectivity index (χ1) is 25.3. The monoisotopic (exact) mass is 786 g/mol. The molecule has 10 atom stereocenters. The molecule has 3 rings (SSSR count). The van der Waals surface area contributed by atoms with Gasteiger partial charge in [0.1, 0.15) is 57.6 Å². The number of carbonyl (C=O) groups excluding carboxylic acids is 2. The van der Waals surface area contributed by atoms with Gasteiger partial charge in [0.2, 0.25) is 5.91 Å². The first-order valence-electron chi connectivity index (χ1n) is 17.6. The topological polar surface area (TPSA) is 221 Å². The fraction of sp³-hybridized carbons (Fsp3) is 0.676. The van der Waals surface area contributed by atoms with E-state index in [0.29, 0.717) is 30.8 Å². The molecule has 2 aliphatic heterocycles. The Morgan fingerprint density at radius 1 is 1.04 bits per heavy atom. The fourth-order valence-electron chi connectivity index (χ4n) is 5.77. The zero-order valence-corrected chi connectivity index (χ0v) is 31.7. The van der Waals surface area contributed by atoms with E-state index in [9.17, 15) is 34.4 Å². The van der Waals surface area contributed by atoms with E-state index in [4.69, 9.17) is 48.3 Å². The lowest BCUT2D eigenvalue weighted by atomic mass is 9.82. The van der Waals surface area contributed by atoms with Crippen molar-refractivity contribution < 1.29 is 67.1 Å². The average molecular weight is 787 g/mol. The molecule has 2 fully saturated rings. The van der Waals surface area contributed by atoms with Gasteiger partial charge in [-0.2, -0.15) is 0 Å². The number of benzene rings is 1. The van der Waals surface area contributed by atoms with E-state index in [1.807, 2.05) is 30.4 Å². The van der Waals surface area contributed by atoms with E-state index in [1.54, 1.807) is 12.1 Å². The van der Waals surface area contributed by atoms with Crippen LogP contribution in [0, 0.1) is 5.92 Å². The van der Waals surface area contributed by atoms with Crippen LogP contribution >= 0.6 is 20.0 Å². The SMILES string of the molecule is [B][C@@H]1O[C@H](COC(=O)OCc2ccccc2)C(OP(=O)(O)OC)[C@@H]1C/C=C/CCCCNC(=S)CCCCO[C@@H]1O[C@H](CO)[C@H](O)[C@H](O)[C@H]1NC(C)=O. The molecule has 0 saturated carbocycles. The quantitative estimate of drug-likeness (QED) is 0.0248. The molecule has 2 aliphatic rings. The second-order valence-corrected chi connectivity index (χ2v) is 14.7. The molecule has 0 aromatic heterocycles. The van der Waals surface area contributed by atoms with Crippen LogP contribution in [0.2, 0.25) is 0 Å². The predicted octanol–water partition coefficient (Wildman–Crippen LogP) is 2.15. The Morgan fingerprint density at radius 2 is 1.79 bits per heavy atom. The molecule has 2 radical (unpaired) electrons. The second-order valence-electron chi connectivity index (χ2n) is 12.7. The number of ether oxygens (including phenoxy) is 5. The summed E-state index contributed by atoms with van der Waals surface area (Å²) in [5.74, 6) is -0.940. The van der Waals surface area contributed by atoms with Crippen LogP contribution in [0.15, 0.2) is 42.5 Å². The zero-order valence-electron chi connectivity index (χ0n) is 30.0. The van der Waals surface area contributed by atoms with Crippen molar-refractivity contribution in [1.82, 2.24) is 10.6 Å². The number of hydrogen-bond donors (Lipinski definition) is 6. The van der Waals surface area contributed by atoms with E-state index >= 15 is 0 Å². The maximum Gasteiger partial charge on any atom is 0.508 e. The van der Waals surface area contributed by atoms with Crippen molar-refractivity contribution >= 4 is 44.9 Å². The molecule has 6 N–H and O–H groups in total. The number of phosphoric acid groups is 1. The van der Waals surface area contributed by atoms with Crippen molar-refractivity contribution in [3.8, 4) is 0 Å². The minimum Gasteiger partial charge on any atom is -0.431 e. The van der Waals surface area contributed by atoms with Gasteiger partial charge in [0, 0.05) is 39.1 Å². The summed E-state index contributed by atoms with van der Waals surface area (Å²) in [5.41, 5.74) is 0.782. The Balaban J connectivity index is 1.31. The fourth-order valence-corrected chi connectivity index (χ4v) is 6.70. The Hall–Kier alpha value is -2.48. The number of hydrogen-bond acceptors (Lipinski definition) is 14. The van der Waals surface area contributed by atoms with Gasteiger partial charge < -0.3 is 54.5 Å². The number of thiocarbonyl (C=S) groups is 1. The van der Waals surface area contributed by atoms with Gasteiger partial charge in [0.05, 0.1) is 11.6 Å². The maximum absolute atomic E-state index is 12.3. The van der Waals surface area contributed by atoms with Crippen molar-refractivity contribution in [2.45, 2.75) is 107 Å². The third kappa shape index (κ3) is 15.7. The lowest BCUT2D eigenvalue weighted by molar-refractivity contribution is -0.270. The first-order valence-corrected chi connectivity index (χ1v) is 19.5. The predicted molar refractivity (Wildman–Crippen MR) is 196 cm³/mol. The van der Waals surface area contributed by atoms with Gasteiger partial charge in [-0.25, -0.2) is 9.36 Å². The Kier molecular flexibility index (Phi) is 19.9. The number of amides is 1. The summed E-state index contributed by atoms with van der Waals surface area (Å²) in [6.07, 6.45) is 1.10. The number of rotatable bonds is 22. The highest BCUT2D eigenvalue weighted by Gasteiger charge is 2.47. The number of phosphoric ester groups is 1. The third-order valence-electron chi connectivity index (χ3n) is 8.62. The van der Waals surface area contributed by atoms with Crippen LogP contribution in [0.4, 0.5) is 4.79 Å². The molecule has 19 heteroatoms. The zero-order chi connectivity index (χ0) is 38.8. The number of carbonyl (C=O) groups is 2. The molecule has 16 nitrogen and oxygen atoms in total. The summed E-state index contributed by atoms with van der Waals surface area (Å²) in [4.78, 5) is 34.5. The minimum atomic E-state index is -4.42. The minimum absolute atomic E-state index is 0.0166. The Labute approximate surface area is 316 Å². The van der Waals surface area contributed by atoms with Gasteiger partial charge in [-0.15, -0.1) is 0 Å². The number of aliphatic hydroxyl groups is 3. The van der Waals surface area contributed by atoms with Gasteiger partial charge in [0.25, 0.3) is 0 Å². The van der Waals surface area contributed by atoms with Crippen molar-refractivity contribution in [2.75, 3.05) is 33.5 Å². The molecule has 2 heterocycles. The van der Waals surface area contributed by atoms with E-state index in [2.05, 4.69) is 15.2 Å². The molecule has 0 spiro atoms. The Morgan fingerprint density at radius 3 is 2.49 bits per heavy atom. The highest BCUT2D eigenvalue weighted by atomic mass is 32.1. The van der Waals surface area contributed by atoms with E-state index in [-0.39, 0.29) is 19.8 Å². The molecule has 296 valence electrons. The van der Waals surface area contributed by atoms with Crippen molar-refractivity contribution in [3.63, 3.8) is 0 Å². The van der Waals surface area contributed by atoms with Crippen molar-refractivity contribution in [3.05, 3.63) is 48.0 Å². The van der Waals surface area contributed by atoms with Gasteiger partial charge in [-0.3, -0.25) is 13.8 Å². The smallest absolute Gasteiger partial charge is 0.431 e. The summed E-state index contributed by atoms with van der Waals surface area (Å²) < 4.78 is 49.6. The normalized spacial score (nSPS) is 28.3. The van der Waals surface area contributed by atoms with Crippen LogP contribution < -0.4 is 10.6 Å². The molecule has 2 unspecified atom stereocenters. The van der Waals surface area contributed by atoms with Crippen LogP contribution in [0.25, 0.3) is 0 Å². The summed E-state index contributed by atoms with van der Waals surface area (Å²) in [5, 5.41) is 35.7. The molecule has 0 aliphatic carbocycles. The molecule has 1 aromatic carbocycles. The summed E-state index contributed by atoms with van der Waals surface area (Å²) in [6, 6.07) is 7.24. The average Bonchev–Trinajstić information content (AvgIpc) is 3.42. The van der Waals surface area contributed by atoms with Crippen LogP contribution in [0.1, 0.15) is 57.4 Å². The van der Waals surface area contributed by atoms with Gasteiger partial charge in [-0.05, 0) is 50.5 Å². The highest BCUT2D eigenvalue weighted by Crippen LogP contribution is 2.48. The van der Waals surface area contributed by atoms with Gasteiger partial charge in [-0.1, -0.05) is 54.7 Å². The van der Waals surface area contributed by atoms with E-state index in [0.717, 1.165) is 38.4 Å². The number of allylic oxidation sites excluding steroid dienone is 2. The highest BCUT2D eigenvalue weighted by molar-refractivity contribution is 7.80. The summed E-state index contributed by atoms with van der Waals surface area (Å²) in [7, 11) is 2.83. The molecule has 2 saturated heterocycles. The standard InChI is InChI=1S/C34H52BN2O14PS/c1-22(39)37-28-30(41)29(40)25(19-38)50-33(28)46-18-12-10-16-27(53)36-17-11-5-3-4-9-15-24-31(51-52(43,44)45-2)26(49-32(24)35)21-48-34(42)47-20-23-13-7-6-8-14-23/h4,6-9,13-14,24-26,28-33,38,40-41H,3,5,10-12,15-21H2,1-2H3,(H,36,53)(H,37,39)(H,43,44)/b9-4+/t24-,25+,26+,28+,29-,30+,31?,32+,33+/m0/s1. The van der Waals surface area contributed by atoms with Gasteiger partial charge >= 0.3 is 14.0 Å². The Bertz CT molecular complexity index is 1350. The third-order valence-corrected chi connectivity index (χ3v) is 9.94. The summed E-state index contributed by atoms with van der Waals surface area (Å²) in [6.45, 7) is 1.42. The lowest BCUT2D eigenvalue weighted by Gasteiger charge is -2.42. The van der Waals surface area contributed by atoms with E-state index in [1.165, 1.54) is 6.92 Å². The lowest BCUT2D eigenvalue weighted by Crippen LogP contribution is -2.64. The number of nitrogens with one attached hydrogen (secondary N) is 2. The largest absolute Gasteiger partial charge is 0.508 e. The molecule has 1 amide bonds. The van der Waals surface area contributed by atoms with Crippen LogP contribution in [0.5, 0.6) is 0 Å². The number of unbranched alkanes of at least 4 members (excludes halogenated alkanes) is 3. The van der Waals surface area contributed by atoms with Crippen molar-refractivity contribution in [2.24, 2.45) is 5.92 Å². The van der Waals surface area contributed by atoms with Crippen molar-refractivity contribution in [1.29, 1.82) is 0 Å². The van der Waals surface area contributed by atoms with Crippen LogP contribution in [0.3, 0.4) is 0 Å². The van der Waals surface area contributed by atoms with Crippen LogP contribution in [-0.2, 0) is 48.7 Å².